The van der Waals surface area contributed by atoms with Gasteiger partial charge in [0.2, 0.25) is 5.88 Å². The second-order valence-corrected chi connectivity index (χ2v) is 6.66. The highest BCUT2D eigenvalue weighted by atomic mass is 19.4. The van der Waals surface area contributed by atoms with Gasteiger partial charge in [-0.2, -0.15) is 0 Å². The van der Waals surface area contributed by atoms with Crippen LogP contribution in [0.5, 0.6) is 5.88 Å². The molecule has 2 heterocycles. The molecule has 2 aromatic rings. The van der Waals surface area contributed by atoms with E-state index in [0.717, 1.165) is 12.8 Å². The second-order valence-electron chi connectivity index (χ2n) is 6.66. The molecule has 0 spiro atoms. The largest absolute Gasteiger partial charge is 0.522 e. The fourth-order valence-corrected chi connectivity index (χ4v) is 2.83. The normalized spacial score (nSPS) is 22.9. The van der Waals surface area contributed by atoms with E-state index in [-0.39, 0.29) is 24.6 Å². The van der Waals surface area contributed by atoms with Crippen LogP contribution < -0.4 is 10.1 Å². The lowest BCUT2D eigenvalue weighted by Gasteiger charge is -2.35. The van der Waals surface area contributed by atoms with Crippen molar-refractivity contribution in [3.05, 3.63) is 24.0 Å². The quantitative estimate of drug-likeness (QED) is 0.844. The lowest BCUT2D eigenvalue weighted by atomic mass is 9.89. The Morgan fingerprint density at radius 3 is 2.81 bits per heavy atom. The maximum Gasteiger partial charge on any atom is 0.522 e. The number of nitrogens with zero attached hydrogens (tertiary/aromatic N) is 3. The molecule has 1 N–H and O–H groups in total. The molecule has 0 bridgehead atoms. The fraction of sp³-hybridized carbons (Fsp3) is 0.562. The highest BCUT2D eigenvalue weighted by Crippen LogP contribution is 2.31. The first-order valence-electron chi connectivity index (χ1n) is 8.40. The molecule has 10 heteroatoms. The number of fused-ring (bicyclic) bond motifs is 1. The zero-order valence-electron chi connectivity index (χ0n) is 13.7. The first kappa shape index (κ1) is 17.1. The molecule has 1 amide bonds. The Balaban J connectivity index is 1.39. The van der Waals surface area contributed by atoms with Gasteiger partial charge in [0.15, 0.2) is 5.65 Å². The summed E-state index contributed by atoms with van der Waals surface area (Å²) in [5.41, 5.74) is 0.715. The minimum atomic E-state index is -4.65. The van der Waals surface area contributed by atoms with Gasteiger partial charge in [0.05, 0.1) is 12.7 Å². The van der Waals surface area contributed by atoms with Gasteiger partial charge in [-0.1, -0.05) is 0 Å². The Morgan fingerprint density at radius 1 is 1.35 bits per heavy atom. The van der Waals surface area contributed by atoms with E-state index in [9.17, 15) is 18.0 Å². The van der Waals surface area contributed by atoms with Crippen molar-refractivity contribution in [1.29, 1.82) is 0 Å². The van der Waals surface area contributed by atoms with Crippen molar-refractivity contribution in [3.63, 3.8) is 0 Å². The maximum absolute atomic E-state index is 12.4. The van der Waals surface area contributed by atoms with Gasteiger partial charge in [0.1, 0.15) is 5.69 Å². The summed E-state index contributed by atoms with van der Waals surface area (Å²) in [5, 5.41) is 6.94. The summed E-state index contributed by atoms with van der Waals surface area (Å²) < 4.78 is 47.3. The average Bonchev–Trinajstić information content (AvgIpc) is 3.26. The fourth-order valence-electron chi connectivity index (χ4n) is 2.83. The lowest BCUT2D eigenvalue weighted by Crippen LogP contribution is -2.49. The van der Waals surface area contributed by atoms with Crippen molar-refractivity contribution in [3.8, 4) is 5.88 Å². The number of halogens is 3. The van der Waals surface area contributed by atoms with Gasteiger partial charge in [0.25, 0.3) is 5.91 Å². The van der Waals surface area contributed by atoms with Crippen molar-refractivity contribution in [2.24, 2.45) is 5.92 Å². The smallest absolute Gasteiger partial charge is 0.476 e. The van der Waals surface area contributed by atoms with Crippen LogP contribution in [0.2, 0.25) is 0 Å². The Morgan fingerprint density at radius 2 is 2.12 bits per heavy atom. The molecule has 0 radical (unpaired) electrons. The lowest BCUT2D eigenvalue weighted by molar-refractivity contribution is -0.351. The number of alkyl halides is 3. The third kappa shape index (κ3) is 3.90. The summed E-state index contributed by atoms with van der Waals surface area (Å²) in [5.74, 6) is 0.539. The van der Waals surface area contributed by atoms with Crippen molar-refractivity contribution in [2.75, 3.05) is 6.61 Å². The monoisotopic (exact) mass is 370 g/mol. The van der Waals surface area contributed by atoms with Crippen LogP contribution in [-0.4, -0.2) is 45.6 Å². The summed E-state index contributed by atoms with van der Waals surface area (Å²) in [4.78, 5) is 16.6. The van der Waals surface area contributed by atoms with Crippen LogP contribution >= 0.6 is 0 Å². The molecule has 7 nitrogen and oxygen atoms in total. The first-order valence-corrected chi connectivity index (χ1v) is 8.40. The van der Waals surface area contributed by atoms with Crippen LogP contribution in [0.15, 0.2) is 18.3 Å². The van der Waals surface area contributed by atoms with Crippen molar-refractivity contribution in [1.82, 2.24) is 19.9 Å². The van der Waals surface area contributed by atoms with E-state index in [1.165, 1.54) is 16.8 Å². The number of nitrogens with one attached hydrogen (secondary N) is 1. The minimum absolute atomic E-state index is 0.119. The second kappa shape index (κ2) is 6.42. The van der Waals surface area contributed by atoms with Crippen molar-refractivity contribution >= 4 is 11.6 Å². The number of ether oxygens (including phenoxy) is 2. The van der Waals surface area contributed by atoms with Gasteiger partial charge in [-0.3, -0.25) is 9.53 Å². The molecule has 26 heavy (non-hydrogen) atoms. The van der Waals surface area contributed by atoms with E-state index in [2.05, 4.69) is 20.1 Å². The molecule has 0 aromatic carbocycles. The highest BCUT2D eigenvalue weighted by Gasteiger charge is 2.40. The molecule has 2 aliphatic rings. The van der Waals surface area contributed by atoms with Crippen LogP contribution in [0, 0.1) is 5.92 Å². The Kier molecular flexibility index (Phi) is 4.22. The predicted octanol–water partition coefficient (Wildman–Crippen LogP) is 2.32. The van der Waals surface area contributed by atoms with Gasteiger partial charge in [-0.25, -0.2) is 9.50 Å². The molecular weight excluding hydrogens is 353 g/mol. The molecule has 2 aliphatic carbocycles. The van der Waals surface area contributed by atoms with Crippen LogP contribution in [0.25, 0.3) is 5.65 Å². The SMILES string of the molecule is O=C(N[C@H]1C[C@@H](OC(F)(F)F)C1)c1ccnc2cc(OCC3CC3)nn12. The summed E-state index contributed by atoms with van der Waals surface area (Å²) in [6.45, 7) is 0.591. The first-order chi connectivity index (χ1) is 12.4. The molecule has 140 valence electrons. The van der Waals surface area contributed by atoms with Gasteiger partial charge < -0.3 is 10.1 Å². The number of hydrogen-bond acceptors (Lipinski definition) is 5. The standard InChI is InChI=1S/C16H17F3N4O3/c17-16(18,19)26-11-5-10(6-11)21-15(24)12-3-4-20-13-7-14(22-23(12)13)25-8-9-1-2-9/h3-4,7,9-11H,1-2,5-6,8H2,(H,21,24)/t10-,11+. The van der Waals surface area contributed by atoms with Gasteiger partial charge in [-0.15, -0.1) is 18.3 Å². The van der Waals surface area contributed by atoms with Gasteiger partial charge in [0, 0.05) is 18.3 Å². The van der Waals surface area contributed by atoms with E-state index in [4.69, 9.17) is 4.74 Å². The van der Waals surface area contributed by atoms with Crippen LogP contribution in [0.3, 0.4) is 0 Å². The van der Waals surface area contributed by atoms with E-state index in [1.54, 1.807) is 6.07 Å². The summed E-state index contributed by atoms with van der Waals surface area (Å²) in [6, 6.07) is 2.79. The van der Waals surface area contributed by atoms with Crippen LogP contribution in [0.1, 0.15) is 36.2 Å². The molecule has 0 unspecified atom stereocenters. The van der Waals surface area contributed by atoms with Gasteiger partial charge in [-0.05, 0) is 37.7 Å². The molecule has 2 aromatic heterocycles. The summed E-state index contributed by atoms with van der Waals surface area (Å²) in [6.07, 6.45) is -1.54. The molecule has 0 saturated heterocycles. The number of hydrogen-bond donors (Lipinski definition) is 1. The number of carbonyl (C=O) groups is 1. The number of aromatic nitrogens is 3. The third-order valence-electron chi connectivity index (χ3n) is 4.46. The summed E-state index contributed by atoms with van der Waals surface area (Å²) in [7, 11) is 0. The number of amides is 1. The molecule has 2 saturated carbocycles. The molecular formula is C16H17F3N4O3. The maximum atomic E-state index is 12.4. The van der Waals surface area contributed by atoms with E-state index >= 15 is 0 Å². The molecule has 2 fully saturated rings. The number of rotatable bonds is 6. The van der Waals surface area contributed by atoms with Crippen molar-refractivity contribution in [2.45, 2.75) is 44.2 Å². The topological polar surface area (TPSA) is 77.8 Å². The third-order valence-corrected chi connectivity index (χ3v) is 4.46. The Hall–Kier alpha value is -2.36. The van der Waals surface area contributed by atoms with Crippen LogP contribution in [-0.2, 0) is 4.74 Å². The van der Waals surface area contributed by atoms with Crippen LogP contribution in [0.4, 0.5) is 13.2 Å². The zero-order valence-corrected chi connectivity index (χ0v) is 13.7. The molecule has 4 rings (SSSR count). The van der Waals surface area contributed by atoms with E-state index in [1.807, 2.05) is 0 Å². The minimum Gasteiger partial charge on any atom is -0.476 e. The van der Waals surface area contributed by atoms with Gasteiger partial charge >= 0.3 is 6.36 Å². The Labute approximate surface area is 146 Å². The Bertz CT molecular complexity index is 813. The summed E-state index contributed by atoms with van der Waals surface area (Å²) >= 11 is 0. The van der Waals surface area contributed by atoms with E-state index in [0.29, 0.717) is 24.1 Å². The molecule has 0 atom stereocenters. The zero-order chi connectivity index (χ0) is 18.3. The van der Waals surface area contributed by atoms with E-state index < -0.39 is 18.4 Å². The molecule has 0 aliphatic heterocycles. The number of carbonyl (C=O) groups excluding carboxylic acids is 1. The predicted molar refractivity (Wildman–Crippen MR) is 82.6 cm³/mol. The average molecular weight is 370 g/mol. The highest BCUT2D eigenvalue weighted by molar-refractivity contribution is 5.93. The van der Waals surface area contributed by atoms with Crippen molar-refractivity contribution < 1.29 is 27.4 Å².